The van der Waals surface area contributed by atoms with Gasteiger partial charge >= 0.3 is 6.15 Å². The van der Waals surface area contributed by atoms with Crippen molar-refractivity contribution in [2.24, 2.45) is 0 Å². The maximum Gasteiger partial charge on any atom is 0.373 e. The van der Waals surface area contributed by atoms with E-state index < -0.39 is 0 Å². The lowest BCUT2D eigenvalue weighted by molar-refractivity contribution is -0.191. The zero-order chi connectivity index (χ0) is 6.71. The molecule has 0 aromatic heterocycles. The standard InChI is InChI=1S/CO2.CH4O.O2.H2O/c2-1-3;2*1-2;/h;2H,1H3;;1H2. The van der Waals surface area contributed by atoms with Gasteiger partial charge in [-0.2, -0.15) is 9.59 Å². The molecule has 0 saturated carbocycles. The first-order valence-electron chi connectivity index (χ1n) is 1.02. The van der Waals surface area contributed by atoms with Crippen LogP contribution in [-0.2, 0) is 9.59 Å². The van der Waals surface area contributed by atoms with E-state index in [4.69, 9.17) is 24.6 Å². The molecule has 0 aromatic rings. The average Bonchev–Trinajstić information content (AvgIpc) is 1.78. The maximum atomic E-state index is 8.12. The Kier molecular flexibility index (Phi) is 50600. The van der Waals surface area contributed by atoms with Crippen LogP contribution in [0.2, 0.25) is 0 Å². The second-order valence-electron chi connectivity index (χ2n) is 0.0833. The lowest BCUT2D eigenvalue weighted by Gasteiger charge is -1.21. The molecule has 0 saturated heterocycles. The number of aliphatic hydroxyl groups excluding tert-OH is 1. The monoisotopic (exact) mass is 126 g/mol. The Morgan fingerprint density at radius 1 is 1.12 bits per heavy atom. The highest BCUT2D eigenvalue weighted by Crippen LogP contribution is 0.787. The molecule has 0 aromatic carbocycles. The van der Waals surface area contributed by atoms with Crippen molar-refractivity contribution >= 4 is 6.15 Å². The molecule has 0 heterocycles. The predicted molar refractivity (Wildman–Crippen MR) is 23.5 cm³/mol. The molecule has 8 heavy (non-hydrogen) atoms. The molecule has 0 radical (unpaired) electrons. The van der Waals surface area contributed by atoms with E-state index in [-0.39, 0.29) is 11.6 Å². The molecule has 0 aliphatic heterocycles. The van der Waals surface area contributed by atoms with Crippen LogP contribution in [0.25, 0.3) is 0 Å². The first-order valence-corrected chi connectivity index (χ1v) is 1.02. The highest BCUT2D eigenvalue weighted by Gasteiger charge is 1.13. The van der Waals surface area contributed by atoms with Crippen molar-refractivity contribution < 1.29 is 20.2 Å². The third-order valence-electron chi connectivity index (χ3n) is 0. The third kappa shape index (κ3) is 61.6. The van der Waals surface area contributed by atoms with Gasteiger partial charge in [-0.1, -0.05) is 0 Å². The predicted octanol–water partition coefficient (Wildman–Crippen LogP) is -1.73. The first kappa shape index (κ1) is 28.6. The van der Waals surface area contributed by atoms with E-state index in [0.717, 1.165) is 7.11 Å². The second kappa shape index (κ2) is 14200. The van der Waals surface area contributed by atoms with Gasteiger partial charge in [-0.05, 0) is 0 Å². The zero-order valence-corrected chi connectivity index (χ0v) is 4.08. The molecule has 0 aliphatic rings. The molecule has 6 nitrogen and oxygen atoms in total. The molecule has 0 fully saturated rings. The van der Waals surface area contributed by atoms with Gasteiger partial charge in [-0.15, -0.1) is 0 Å². The summed E-state index contributed by atoms with van der Waals surface area (Å²) < 4.78 is 0. The summed E-state index contributed by atoms with van der Waals surface area (Å²) in [5.74, 6) is 0. The van der Waals surface area contributed by atoms with Crippen LogP contribution in [0.4, 0.5) is 0 Å². The topological polar surface area (TPSA) is 120 Å². The summed E-state index contributed by atoms with van der Waals surface area (Å²) in [6, 6.07) is 0. The largest absolute Gasteiger partial charge is 0.412 e. The van der Waals surface area contributed by atoms with Crippen LogP contribution in [0.1, 0.15) is 0 Å². The number of rotatable bonds is 0. The quantitative estimate of drug-likeness (QED) is 0.413. The van der Waals surface area contributed by atoms with Gasteiger partial charge in [0.2, 0.25) is 0 Å². The molecular formula is C2H6O6. The van der Waals surface area contributed by atoms with E-state index in [0.29, 0.717) is 0 Å². The molecule has 0 unspecified atom stereocenters. The van der Waals surface area contributed by atoms with Crippen molar-refractivity contribution in [3.63, 3.8) is 0 Å². The van der Waals surface area contributed by atoms with Crippen LogP contribution >= 0.6 is 0 Å². The highest BCUT2D eigenvalue weighted by molar-refractivity contribution is 5.20. The van der Waals surface area contributed by atoms with Gasteiger partial charge in [0.1, 0.15) is 0 Å². The summed E-state index contributed by atoms with van der Waals surface area (Å²) in [5.41, 5.74) is 0. The summed E-state index contributed by atoms with van der Waals surface area (Å²) >= 11 is 0. The number of carbonyl (C=O) groups excluding carboxylic acids is 2. The fourth-order valence-corrected chi connectivity index (χ4v) is 0. The van der Waals surface area contributed by atoms with Crippen LogP contribution in [0.15, 0.2) is 0 Å². The lowest BCUT2D eigenvalue weighted by atomic mass is 11.8. The molecule has 0 spiro atoms. The van der Waals surface area contributed by atoms with E-state index in [2.05, 4.69) is 0 Å². The van der Waals surface area contributed by atoms with E-state index in [1.807, 2.05) is 0 Å². The molecule has 50 valence electrons. The molecule has 6 heteroatoms. The average molecular weight is 126 g/mol. The SMILES string of the molecule is CO.O.O=C=O.O=O. The fourth-order valence-electron chi connectivity index (χ4n) is 0. The number of hydrogen-bond donors (Lipinski definition) is 1. The Balaban J connectivity index is -0.0000000147. The molecular weight excluding hydrogens is 120 g/mol. The minimum absolute atomic E-state index is 0. The maximum absolute atomic E-state index is 8.12. The van der Waals surface area contributed by atoms with Gasteiger partial charge in [0.15, 0.2) is 0 Å². The van der Waals surface area contributed by atoms with Crippen molar-refractivity contribution in [3.8, 4) is 0 Å². The Bertz CT molecular complexity index is 35.8. The van der Waals surface area contributed by atoms with Crippen LogP contribution < -0.4 is 0 Å². The minimum Gasteiger partial charge on any atom is -0.412 e. The van der Waals surface area contributed by atoms with Gasteiger partial charge < -0.3 is 10.6 Å². The minimum atomic E-state index is 0. The van der Waals surface area contributed by atoms with Crippen LogP contribution in [-0.4, -0.2) is 23.8 Å². The van der Waals surface area contributed by atoms with E-state index in [1.165, 1.54) is 0 Å². The van der Waals surface area contributed by atoms with Gasteiger partial charge in [0.25, 0.3) is 0 Å². The summed E-state index contributed by atoms with van der Waals surface area (Å²) in [4.78, 5) is 30.2. The molecule has 0 bridgehead atoms. The van der Waals surface area contributed by atoms with Crippen LogP contribution in [0.3, 0.4) is 0 Å². The highest BCUT2D eigenvalue weighted by atomic mass is 16.7. The van der Waals surface area contributed by atoms with E-state index in [9.17, 15) is 0 Å². The van der Waals surface area contributed by atoms with Gasteiger partial charge in [-0.25, -0.2) is 0 Å². The van der Waals surface area contributed by atoms with Gasteiger partial charge in [0, 0.05) is 17.0 Å². The zero-order valence-electron chi connectivity index (χ0n) is 4.08. The van der Waals surface area contributed by atoms with Crippen molar-refractivity contribution in [2.45, 2.75) is 0 Å². The lowest BCUT2D eigenvalue weighted by Crippen LogP contribution is -1.25. The van der Waals surface area contributed by atoms with E-state index >= 15 is 0 Å². The third-order valence-corrected chi connectivity index (χ3v) is 0. The van der Waals surface area contributed by atoms with E-state index in [1.54, 1.807) is 0 Å². The first-order chi connectivity index (χ1) is 3.41. The van der Waals surface area contributed by atoms with Crippen LogP contribution in [0.5, 0.6) is 0 Å². The molecule has 0 aliphatic carbocycles. The summed E-state index contributed by atoms with van der Waals surface area (Å²) in [6.07, 6.45) is 0.250. The Hall–Kier alpha value is -1.10. The van der Waals surface area contributed by atoms with Crippen molar-refractivity contribution in [1.29, 1.82) is 0 Å². The van der Waals surface area contributed by atoms with Crippen molar-refractivity contribution in [3.05, 3.63) is 9.93 Å². The Labute approximate surface area is 44.6 Å². The summed E-state index contributed by atoms with van der Waals surface area (Å²) in [7, 11) is 1.00. The fraction of sp³-hybridized carbons (Fsp3) is 0.500. The summed E-state index contributed by atoms with van der Waals surface area (Å²) in [5, 5.41) is 7.00. The van der Waals surface area contributed by atoms with Crippen molar-refractivity contribution in [1.82, 2.24) is 0 Å². The summed E-state index contributed by atoms with van der Waals surface area (Å²) in [6.45, 7) is 0. The molecule has 0 rings (SSSR count). The van der Waals surface area contributed by atoms with Gasteiger partial charge in [-0.3, -0.25) is 0 Å². The molecule has 0 atom stereocenters. The second-order valence-corrected chi connectivity index (χ2v) is 0.0833. The van der Waals surface area contributed by atoms with Gasteiger partial charge in [0.05, 0.1) is 0 Å². The smallest absolute Gasteiger partial charge is 0.373 e. The van der Waals surface area contributed by atoms with Crippen molar-refractivity contribution in [2.75, 3.05) is 7.11 Å². The Morgan fingerprint density at radius 3 is 1.12 bits per heavy atom. The number of hydrogen-bond acceptors (Lipinski definition) is 5. The molecule has 0 amide bonds. The van der Waals surface area contributed by atoms with Crippen LogP contribution in [0, 0.1) is 9.93 Å². The molecule has 3 N–H and O–H groups in total. The Morgan fingerprint density at radius 2 is 1.12 bits per heavy atom. The number of aliphatic hydroxyl groups is 1. The normalized spacial score (nSPS) is 2.25.